The molecule has 2 N–H and O–H groups in total. The Morgan fingerprint density at radius 2 is 2.12 bits per heavy atom. The van der Waals surface area contributed by atoms with E-state index < -0.39 is 5.82 Å². The lowest BCUT2D eigenvalue weighted by Crippen LogP contribution is -2.27. The number of aromatic nitrogens is 4. The maximum Gasteiger partial charge on any atom is 0.163 e. The molecule has 0 spiro atoms. The van der Waals surface area contributed by atoms with Gasteiger partial charge in [0.25, 0.3) is 0 Å². The summed E-state index contributed by atoms with van der Waals surface area (Å²) >= 11 is 0. The number of halogens is 1. The number of nitrogens with zero attached hydrogens (tertiary/aromatic N) is 4. The highest BCUT2D eigenvalue weighted by Gasteiger charge is 2.24. The van der Waals surface area contributed by atoms with E-state index >= 15 is 0 Å². The van der Waals surface area contributed by atoms with E-state index in [4.69, 9.17) is 4.98 Å². The summed E-state index contributed by atoms with van der Waals surface area (Å²) in [5, 5.41) is 4.84. The summed E-state index contributed by atoms with van der Waals surface area (Å²) in [6.07, 6.45) is 9.23. The average Bonchev–Trinajstić information content (AvgIpc) is 3.17. The van der Waals surface area contributed by atoms with E-state index in [0.717, 1.165) is 25.5 Å². The highest BCUT2D eigenvalue weighted by molar-refractivity contribution is 5.85. The molecule has 1 aromatic carbocycles. The van der Waals surface area contributed by atoms with Gasteiger partial charge in [-0.2, -0.15) is 0 Å². The molecule has 0 fully saturated rings. The van der Waals surface area contributed by atoms with E-state index in [9.17, 15) is 4.39 Å². The number of H-pyrrole nitrogens is 1. The molecule has 5 rings (SSSR count). The molecule has 0 amide bonds. The van der Waals surface area contributed by atoms with Crippen LogP contribution >= 0.6 is 0 Å². The Morgan fingerprint density at radius 3 is 2.94 bits per heavy atom. The van der Waals surface area contributed by atoms with Crippen LogP contribution in [0, 0.1) is 5.82 Å². The van der Waals surface area contributed by atoms with Crippen molar-refractivity contribution in [1.82, 2.24) is 19.9 Å². The molecule has 0 saturated carbocycles. The summed E-state index contributed by atoms with van der Waals surface area (Å²) in [4.78, 5) is 21.0. The zero-order valence-corrected chi connectivity index (χ0v) is 17.8. The number of para-hydroxylation sites is 1. The number of aliphatic imine (C=N–C) groups is 1. The number of aromatic amines is 1. The minimum Gasteiger partial charge on any atom is -0.365 e. The maximum absolute atomic E-state index is 13.8. The summed E-state index contributed by atoms with van der Waals surface area (Å²) in [7, 11) is 0. The van der Waals surface area contributed by atoms with Crippen molar-refractivity contribution in [3.05, 3.63) is 71.6 Å². The Hall–Kier alpha value is -3.87. The van der Waals surface area contributed by atoms with Gasteiger partial charge < -0.3 is 10.3 Å². The zero-order chi connectivity index (χ0) is 22.1. The van der Waals surface area contributed by atoms with Gasteiger partial charge in [0, 0.05) is 34.4 Å². The van der Waals surface area contributed by atoms with Crippen LogP contribution in [0.4, 0.5) is 15.9 Å². The molecular weight excluding hydrogens is 403 g/mol. The van der Waals surface area contributed by atoms with Crippen molar-refractivity contribution in [2.45, 2.75) is 32.2 Å². The second-order valence-corrected chi connectivity index (χ2v) is 7.89. The minimum atomic E-state index is -0.432. The lowest BCUT2D eigenvalue weighted by Gasteiger charge is -2.25. The van der Waals surface area contributed by atoms with Crippen LogP contribution in [0.3, 0.4) is 0 Å². The Balaban J connectivity index is 1.53. The smallest absolute Gasteiger partial charge is 0.163 e. The third-order valence-electron chi connectivity index (χ3n) is 5.79. The van der Waals surface area contributed by atoms with Gasteiger partial charge in [-0.25, -0.2) is 14.4 Å². The van der Waals surface area contributed by atoms with Gasteiger partial charge in [0.2, 0.25) is 0 Å². The van der Waals surface area contributed by atoms with Crippen molar-refractivity contribution >= 4 is 35.2 Å². The number of nitrogens with one attached hydrogen (secondary N) is 2. The first-order chi connectivity index (χ1) is 15.7. The number of allylic oxidation sites excluding steroid dienone is 1. The van der Waals surface area contributed by atoms with Crippen molar-refractivity contribution in [1.29, 1.82) is 0 Å². The average molecular weight is 426 g/mol. The summed E-state index contributed by atoms with van der Waals surface area (Å²) in [6, 6.07) is 9.95. The fourth-order valence-electron chi connectivity index (χ4n) is 4.35. The molecular formula is C25H23FN6. The van der Waals surface area contributed by atoms with Crippen LogP contribution in [-0.4, -0.2) is 32.7 Å². The van der Waals surface area contributed by atoms with E-state index in [-0.39, 0.29) is 6.04 Å². The highest BCUT2D eigenvalue weighted by atomic mass is 19.1. The second kappa shape index (κ2) is 8.34. The summed E-state index contributed by atoms with van der Waals surface area (Å²) in [5.41, 5.74) is 5.54. The van der Waals surface area contributed by atoms with Crippen LogP contribution in [0.15, 0.2) is 53.8 Å². The predicted octanol–water partition coefficient (Wildman–Crippen LogP) is 5.49. The minimum absolute atomic E-state index is 0.175. The zero-order valence-electron chi connectivity index (χ0n) is 17.8. The van der Waals surface area contributed by atoms with Gasteiger partial charge in [0.15, 0.2) is 11.6 Å². The quantitative estimate of drug-likeness (QED) is 0.414. The van der Waals surface area contributed by atoms with Gasteiger partial charge in [0.1, 0.15) is 11.5 Å². The number of aryl methyl sites for hydroxylation is 1. The third kappa shape index (κ3) is 3.66. The Morgan fingerprint density at radius 1 is 1.25 bits per heavy atom. The first-order valence-corrected chi connectivity index (χ1v) is 10.6. The van der Waals surface area contributed by atoms with Gasteiger partial charge >= 0.3 is 0 Å². The molecule has 0 aliphatic heterocycles. The van der Waals surface area contributed by atoms with Crippen LogP contribution in [-0.2, 0) is 12.8 Å². The summed E-state index contributed by atoms with van der Waals surface area (Å²) in [5.74, 6) is 0.553. The number of rotatable bonds is 5. The van der Waals surface area contributed by atoms with Crippen LogP contribution < -0.4 is 5.32 Å². The fourth-order valence-corrected chi connectivity index (χ4v) is 4.35. The van der Waals surface area contributed by atoms with Crippen molar-refractivity contribution in [3.63, 3.8) is 0 Å². The van der Waals surface area contributed by atoms with E-state index in [1.54, 1.807) is 6.20 Å². The molecule has 0 unspecified atom stereocenters. The highest BCUT2D eigenvalue weighted by Crippen LogP contribution is 2.34. The van der Waals surface area contributed by atoms with Gasteiger partial charge in [-0.1, -0.05) is 24.3 Å². The first-order valence-electron chi connectivity index (χ1n) is 10.6. The predicted molar refractivity (Wildman–Crippen MR) is 127 cm³/mol. The Kier molecular flexibility index (Phi) is 5.23. The molecule has 7 heteroatoms. The molecule has 1 aliphatic rings. The SMILES string of the molecule is C=Nc1c(/C=C\C)nc(-c2cncc(F)c2)nc1N[C@@H]1CCc2[nH]c3ccccc3c2C1. The molecule has 3 heterocycles. The molecule has 0 radical (unpaired) electrons. The molecule has 0 bridgehead atoms. The fraction of sp³-hybridized carbons (Fsp3) is 0.200. The topological polar surface area (TPSA) is 78.8 Å². The van der Waals surface area contributed by atoms with E-state index in [2.05, 4.69) is 56.2 Å². The van der Waals surface area contributed by atoms with Gasteiger partial charge in [-0.15, -0.1) is 0 Å². The van der Waals surface area contributed by atoms with Gasteiger partial charge in [0.05, 0.1) is 11.9 Å². The first kappa shape index (κ1) is 20.1. The monoisotopic (exact) mass is 426 g/mol. The second-order valence-electron chi connectivity index (χ2n) is 7.89. The molecule has 1 aliphatic carbocycles. The molecule has 160 valence electrons. The number of benzene rings is 1. The van der Waals surface area contributed by atoms with Crippen LogP contribution in [0.2, 0.25) is 0 Å². The van der Waals surface area contributed by atoms with Crippen molar-refractivity contribution in [3.8, 4) is 11.4 Å². The standard InChI is InChI=1S/C25H23FN6/c1-3-6-22-23(27-2)25(32-24(31-22)15-11-16(26)14-28-13-15)29-17-9-10-21-19(12-17)18-7-4-5-8-20(18)30-21/h3-8,11,13-14,17,30H,2,9-10,12H2,1H3,(H,29,31,32)/b6-3-/t17-/m1/s1. The number of pyridine rings is 1. The van der Waals surface area contributed by atoms with Crippen LogP contribution in [0.1, 0.15) is 30.3 Å². The Bertz CT molecular complexity index is 1340. The number of hydrogen-bond donors (Lipinski definition) is 2. The van der Waals surface area contributed by atoms with Gasteiger partial charge in [-0.3, -0.25) is 9.98 Å². The maximum atomic E-state index is 13.8. The normalized spacial score (nSPS) is 15.8. The molecule has 1 atom stereocenters. The summed E-state index contributed by atoms with van der Waals surface area (Å²) in [6.45, 7) is 5.64. The van der Waals surface area contributed by atoms with E-state index in [0.29, 0.717) is 28.6 Å². The van der Waals surface area contributed by atoms with Crippen molar-refractivity contribution in [2.75, 3.05) is 5.32 Å². The molecule has 0 saturated heterocycles. The Labute approximate surface area is 185 Å². The molecule has 6 nitrogen and oxygen atoms in total. The van der Waals surface area contributed by atoms with Crippen molar-refractivity contribution < 1.29 is 4.39 Å². The lowest BCUT2D eigenvalue weighted by atomic mass is 9.91. The molecule has 4 aromatic rings. The molecule has 32 heavy (non-hydrogen) atoms. The summed E-state index contributed by atoms with van der Waals surface area (Å²) < 4.78 is 13.8. The number of anilines is 1. The lowest BCUT2D eigenvalue weighted by molar-refractivity contribution is 0.605. The van der Waals surface area contributed by atoms with E-state index in [1.165, 1.54) is 28.2 Å². The number of fused-ring (bicyclic) bond motifs is 3. The van der Waals surface area contributed by atoms with Gasteiger partial charge in [-0.05, 0) is 56.7 Å². The van der Waals surface area contributed by atoms with Crippen LogP contribution in [0.25, 0.3) is 28.4 Å². The number of hydrogen-bond acceptors (Lipinski definition) is 5. The third-order valence-corrected chi connectivity index (χ3v) is 5.79. The molecule has 3 aromatic heterocycles. The van der Waals surface area contributed by atoms with E-state index in [1.807, 2.05) is 19.1 Å². The van der Waals surface area contributed by atoms with Crippen LogP contribution in [0.5, 0.6) is 0 Å². The van der Waals surface area contributed by atoms with Crippen molar-refractivity contribution in [2.24, 2.45) is 4.99 Å². The largest absolute Gasteiger partial charge is 0.365 e.